The molecule has 0 saturated carbocycles. The van der Waals surface area contributed by atoms with Crippen LogP contribution in [-0.2, 0) is 4.79 Å². The molecule has 0 saturated heterocycles. The number of hydrogen-bond donors (Lipinski definition) is 2. The number of carbonyl (C=O) groups excluding carboxylic acids is 1. The van der Waals surface area contributed by atoms with E-state index >= 15 is 0 Å². The quantitative estimate of drug-likeness (QED) is 0.464. The number of Topliss-reactive ketones (excluding diaryl/α,β-unsaturated/α-hetero) is 1. The Balaban J connectivity index is 1.67. The van der Waals surface area contributed by atoms with Gasteiger partial charge < -0.3 is 19.4 Å². The third-order valence-electron chi connectivity index (χ3n) is 4.32. The van der Waals surface area contributed by atoms with E-state index in [1.54, 1.807) is 12.4 Å². The number of nitrogens with one attached hydrogen (secondary N) is 2. The van der Waals surface area contributed by atoms with Crippen LogP contribution in [-0.4, -0.2) is 15.8 Å². The molecule has 2 aromatic carbocycles. The van der Waals surface area contributed by atoms with Crippen molar-refractivity contribution in [3.8, 4) is 11.5 Å². The van der Waals surface area contributed by atoms with Gasteiger partial charge in [-0.3, -0.25) is 4.79 Å². The summed E-state index contributed by atoms with van der Waals surface area (Å²) in [5, 5.41) is 0. The smallest absolute Gasteiger partial charge is 0.225 e. The Morgan fingerprint density at radius 1 is 0.607 bits per heavy atom. The van der Waals surface area contributed by atoms with Crippen LogP contribution >= 0.6 is 0 Å². The van der Waals surface area contributed by atoms with Gasteiger partial charge in [0, 0.05) is 12.4 Å². The lowest BCUT2D eigenvalue weighted by Gasteiger charge is -2.23. The second-order valence-electron chi connectivity index (χ2n) is 6.28. The van der Waals surface area contributed by atoms with Crippen LogP contribution in [0.4, 0.5) is 0 Å². The average molecular weight is 372 g/mol. The maximum Gasteiger partial charge on any atom is 0.225 e. The standard InChI is InChI=1S/C23H20N2O3/c26-21(22(19-13-7-15-24-19)27-17-9-3-1-4-10-17)23(20-14-8-16-25-20)28-18-11-5-2-6-12-18/h1-16,22-25H. The Kier molecular flexibility index (Phi) is 5.24. The fourth-order valence-corrected chi connectivity index (χ4v) is 2.97. The van der Waals surface area contributed by atoms with Crippen molar-refractivity contribution in [3.05, 3.63) is 109 Å². The first-order valence-electron chi connectivity index (χ1n) is 9.05. The first kappa shape index (κ1) is 17.7. The highest BCUT2D eigenvalue weighted by molar-refractivity contribution is 5.89. The number of hydrogen-bond acceptors (Lipinski definition) is 3. The number of carbonyl (C=O) groups is 1. The number of ketones is 1. The minimum absolute atomic E-state index is 0.211. The van der Waals surface area contributed by atoms with Gasteiger partial charge in [0.1, 0.15) is 11.5 Å². The van der Waals surface area contributed by atoms with E-state index in [2.05, 4.69) is 9.97 Å². The maximum absolute atomic E-state index is 13.6. The summed E-state index contributed by atoms with van der Waals surface area (Å²) in [6.45, 7) is 0. The minimum atomic E-state index is -0.839. The average Bonchev–Trinajstić information content (AvgIpc) is 3.46. The predicted molar refractivity (Wildman–Crippen MR) is 106 cm³/mol. The van der Waals surface area contributed by atoms with E-state index in [1.165, 1.54) is 0 Å². The van der Waals surface area contributed by atoms with Crippen molar-refractivity contribution in [2.45, 2.75) is 12.2 Å². The Bertz CT molecular complexity index is 899. The second kappa shape index (κ2) is 8.31. The summed E-state index contributed by atoms with van der Waals surface area (Å²) >= 11 is 0. The zero-order valence-electron chi connectivity index (χ0n) is 15.1. The van der Waals surface area contributed by atoms with Gasteiger partial charge in [-0.1, -0.05) is 36.4 Å². The number of para-hydroxylation sites is 2. The molecule has 2 N–H and O–H groups in total. The molecule has 5 heteroatoms. The molecule has 2 aromatic heterocycles. The number of ether oxygens (including phenoxy) is 2. The van der Waals surface area contributed by atoms with Crippen molar-refractivity contribution in [1.82, 2.24) is 9.97 Å². The summed E-state index contributed by atoms with van der Waals surface area (Å²) in [6.07, 6.45) is 1.86. The summed E-state index contributed by atoms with van der Waals surface area (Å²) in [5.74, 6) is 1.01. The Morgan fingerprint density at radius 3 is 1.39 bits per heavy atom. The van der Waals surface area contributed by atoms with E-state index in [9.17, 15) is 4.79 Å². The van der Waals surface area contributed by atoms with Crippen molar-refractivity contribution >= 4 is 5.78 Å². The molecule has 28 heavy (non-hydrogen) atoms. The van der Waals surface area contributed by atoms with Crippen LogP contribution < -0.4 is 9.47 Å². The lowest BCUT2D eigenvalue weighted by atomic mass is 10.0. The monoisotopic (exact) mass is 372 g/mol. The van der Waals surface area contributed by atoms with E-state index in [4.69, 9.17) is 9.47 Å². The highest BCUT2D eigenvalue weighted by Gasteiger charge is 2.34. The summed E-state index contributed by atoms with van der Waals surface area (Å²) in [5.41, 5.74) is 1.34. The van der Waals surface area contributed by atoms with Gasteiger partial charge in [-0.15, -0.1) is 0 Å². The minimum Gasteiger partial charge on any atom is -0.476 e. The van der Waals surface area contributed by atoms with Gasteiger partial charge in [0.15, 0.2) is 0 Å². The third-order valence-corrected chi connectivity index (χ3v) is 4.32. The van der Waals surface area contributed by atoms with Crippen LogP contribution in [0.15, 0.2) is 97.3 Å². The van der Waals surface area contributed by atoms with Gasteiger partial charge in [0.05, 0.1) is 11.4 Å². The molecule has 2 heterocycles. The molecule has 0 bridgehead atoms. The van der Waals surface area contributed by atoms with Crippen LogP contribution in [0.25, 0.3) is 0 Å². The molecule has 0 spiro atoms. The van der Waals surface area contributed by atoms with Crippen molar-refractivity contribution in [2.75, 3.05) is 0 Å². The molecule has 2 atom stereocenters. The lowest BCUT2D eigenvalue weighted by molar-refractivity contribution is -0.133. The van der Waals surface area contributed by atoms with Crippen LogP contribution in [0, 0.1) is 0 Å². The van der Waals surface area contributed by atoms with Gasteiger partial charge in [0.2, 0.25) is 18.0 Å². The number of benzene rings is 2. The van der Waals surface area contributed by atoms with Gasteiger partial charge in [-0.25, -0.2) is 0 Å². The van der Waals surface area contributed by atoms with Crippen LogP contribution in [0.1, 0.15) is 23.6 Å². The van der Waals surface area contributed by atoms with Crippen molar-refractivity contribution in [2.24, 2.45) is 0 Å². The Labute approximate surface area is 163 Å². The van der Waals surface area contributed by atoms with E-state index in [1.807, 2.05) is 84.9 Å². The molecule has 140 valence electrons. The summed E-state index contributed by atoms with van der Waals surface area (Å²) < 4.78 is 12.1. The number of H-pyrrole nitrogens is 2. The van der Waals surface area contributed by atoms with E-state index in [0.29, 0.717) is 22.9 Å². The first-order valence-corrected chi connectivity index (χ1v) is 9.05. The van der Waals surface area contributed by atoms with Crippen molar-refractivity contribution in [1.29, 1.82) is 0 Å². The summed E-state index contributed by atoms with van der Waals surface area (Å²) in [6, 6.07) is 25.9. The van der Waals surface area contributed by atoms with E-state index in [0.717, 1.165) is 0 Å². The predicted octanol–water partition coefficient (Wildman–Crippen LogP) is 4.85. The first-order chi connectivity index (χ1) is 13.8. The highest BCUT2D eigenvalue weighted by Crippen LogP contribution is 2.30. The number of aromatic amines is 2. The summed E-state index contributed by atoms with van der Waals surface area (Å²) in [4.78, 5) is 19.7. The van der Waals surface area contributed by atoms with Crippen LogP contribution in [0.5, 0.6) is 11.5 Å². The molecule has 0 aliphatic carbocycles. The zero-order valence-corrected chi connectivity index (χ0v) is 15.1. The third kappa shape index (κ3) is 3.99. The van der Waals surface area contributed by atoms with Gasteiger partial charge in [-0.2, -0.15) is 0 Å². The fraction of sp³-hybridized carbons (Fsp3) is 0.0870. The topological polar surface area (TPSA) is 67.1 Å². The van der Waals surface area contributed by atoms with Gasteiger partial charge in [0.25, 0.3) is 0 Å². The fourth-order valence-electron chi connectivity index (χ4n) is 2.97. The highest BCUT2D eigenvalue weighted by atomic mass is 16.5. The number of aromatic nitrogens is 2. The normalized spacial score (nSPS) is 12.9. The molecular formula is C23H20N2O3. The molecule has 5 nitrogen and oxygen atoms in total. The largest absolute Gasteiger partial charge is 0.476 e. The van der Waals surface area contributed by atoms with Gasteiger partial charge in [-0.05, 0) is 48.5 Å². The molecule has 2 unspecified atom stereocenters. The van der Waals surface area contributed by atoms with E-state index < -0.39 is 12.2 Å². The molecule has 0 radical (unpaired) electrons. The maximum atomic E-state index is 13.6. The molecule has 0 aliphatic rings. The molecule has 0 fully saturated rings. The Morgan fingerprint density at radius 2 is 1.04 bits per heavy atom. The number of rotatable bonds is 8. The van der Waals surface area contributed by atoms with Crippen LogP contribution in [0.2, 0.25) is 0 Å². The van der Waals surface area contributed by atoms with Gasteiger partial charge >= 0.3 is 0 Å². The van der Waals surface area contributed by atoms with Crippen LogP contribution in [0.3, 0.4) is 0 Å². The molecule has 4 rings (SSSR count). The van der Waals surface area contributed by atoms with Crippen molar-refractivity contribution in [3.63, 3.8) is 0 Å². The molecule has 0 amide bonds. The SMILES string of the molecule is O=C(C(Oc1ccccc1)c1ccc[nH]1)C(Oc1ccccc1)c1ccc[nH]1. The molecule has 4 aromatic rings. The Hall–Kier alpha value is -3.73. The zero-order chi connectivity index (χ0) is 19.2. The van der Waals surface area contributed by atoms with Crippen molar-refractivity contribution < 1.29 is 14.3 Å². The van der Waals surface area contributed by atoms with E-state index in [-0.39, 0.29) is 5.78 Å². The molecule has 0 aliphatic heterocycles. The second-order valence-corrected chi connectivity index (χ2v) is 6.28. The summed E-state index contributed by atoms with van der Waals surface area (Å²) in [7, 11) is 0. The lowest BCUT2D eigenvalue weighted by Crippen LogP contribution is -2.29. The molecular weight excluding hydrogens is 352 g/mol.